The van der Waals surface area contributed by atoms with E-state index in [4.69, 9.17) is 16.0 Å². The lowest BCUT2D eigenvalue weighted by Crippen LogP contribution is -2.17. The van der Waals surface area contributed by atoms with E-state index in [1.54, 1.807) is 17.7 Å². The summed E-state index contributed by atoms with van der Waals surface area (Å²) in [4.78, 5) is 12.0. The molecule has 0 aliphatic heterocycles. The van der Waals surface area contributed by atoms with Gasteiger partial charge in [-0.2, -0.15) is 0 Å². The van der Waals surface area contributed by atoms with Crippen LogP contribution in [0.5, 0.6) is 0 Å². The zero-order valence-corrected chi connectivity index (χ0v) is 13.4. The molecule has 0 atom stereocenters. The van der Waals surface area contributed by atoms with Crippen molar-refractivity contribution in [3.05, 3.63) is 51.9 Å². The molecule has 110 valence electrons. The van der Waals surface area contributed by atoms with Crippen LogP contribution in [0, 0.1) is 0 Å². The molecular formula is C16H12ClN3OS. The average Bonchev–Trinajstić information content (AvgIpc) is 3.10. The van der Waals surface area contributed by atoms with Gasteiger partial charge in [0.1, 0.15) is 17.4 Å². The fraction of sp³-hybridized carbons (Fsp3) is 0.125. The summed E-state index contributed by atoms with van der Waals surface area (Å²) in [5.74, 6) is 0.783. The lowest BCUT2D eigenvalue weighted by molar-refractivity contribution is 0.662. The number of halogens is 1. The molecule has 22 heavy (non-hydrogen) atoms. The van der Waals surface area contributed by atoms with Crippen molar-refractivity contribution in [3.63, 3.8) is 0 Å². The summed E-state index contributed by atoms with van der Waals surface area (Å²) in [5, 5.41) is 1.01. The van der Waals surface area contributed by atoms with Gasteiger partial charge in [-0.25, -0.2) is 9.97 Å². The first-order chi connectivity index (χ1) is 10.7. The molecule has 3 aromatic heterocycles. The molecule has 4 rings (SSSR count). The summed E-state index contributed by atoms with van der Waals surface area (Å²) in [7, 11) is 1.99. The van der Waals surface area contributed by atoms with Crippen LogP contribution in [0.4, 0.5) is 5.82 Å². The van der Waals surface area contributed by atoms with Crippen LogP contribution >= 0.6 is 22.9 Å². The third kappa shape index (κ3) is 2.23. The molecule has 1 aromatic carbocycles. The van der Waals surface area contributed by atoms with Gasteiger partial charge in [0.15, 0.2) is 11.4 Å². The van der Waals surface area contributed by atoms with Crippen molar-refractivity contribution in [1.29, 1.82) is 0 Å². The predicted octanol–water partition coefficient (Wildman–Crippen LogP) is 4.73. The lowest BCUT2D eigenvalue weighted by atomic mass is 10.2. The van der Waals surface area contributed by atoms with Gasteiger partial charge in [-0.3, -0.25) is 0 Å². The molecule has 3 heterocycles. The number of para-hydroxylation sites is 1. The summed E-state index contributed by atoms with van der Waals surface area (Å²) in [6.07, 6.45) is 1.58. The summed E-state index contributed by atoms with van der Waals surface area (Å²) >= 11 is 7.57. The van der Waals surface area contributed by atoms with Crippen LogP contribution in [0.15, 0.2) is 47.1 Å². The van der Waals surface area contributed by atoms with Gasteiger partial charge in [-0.1, -0.05) is 23.7 Å². The number of nitrogens with zero attached hydrogens (tertiary/aromatic N) is 3. The SMILES string of the molecule is CN(Cc1ccc(Cl)s1)c1ncnc2c1oc1ccccc12. The van der Waals surface area contributed by atoms with E-state index in [0.717, 1.165) is 33.2 Å². The fourth-order valence-corrected chi connectivity index (χ4v) is 3.67. The third-order valence-electron chi connectivity index (χ3n) is 3.52. The first-order valence-electron chi connectivity index (χ1n) is 6.80. The van der Waals surface area contributed by atoms with Gasteiger partial charge in [0, 0.05) is 17.3 Å². The van der Waals surface area contributed by atoms with Crippen molar-refractivity contribution in [2.24, 2.45) is 0 Å². The van der Waals surface area contributed by atoms with Gasteiger partial charge in [-0.15, -0.1) is 11.3 Å². The maximum Gasteiger partial charge on any atom is 0.196 e. The van der Waals surface area contributed by atoms with E-state index in [9.17, 15) is 0 Å². The van der Waals surface area contributed by atoms with E-state index >= 15 is 0 Å². The number of furan rings is 1. The Balaban J connectivity index is 1.80. The monoisotopic (exact) mass is 329 g/mol. The van der Waals surface area contributed by atoms with E-state index in [2.05, 4.69) is 14.9 Å². The predicted molar refractivity (Wildman–Crippen MR) is 90.7 cm³/mol. The third-order valence-corrected chi connectivity index (χ3v) is 4.74. The molecule has 0 aliphatic carbocycles. The molecule has 4 nitrogen and oxygen atoms in total. The normalized spacial score (nSPS) is 11.4. The van der Waals surface area contributed by atoms with Gasteiger partial charge in [0.2, 0.25) is 0 Å². The van der Waals surface area contributed by atoms with Crippen molar-refractivity contribution >= 4 is 50.8 Å². The highest BCUT2D eigenvalue weighted by Gasteiger charge is 2.16. The van der Waals surface area contributed by atoms with Crippen molar-refractivity contribution in [2.45, 2.75) is 6.54 Å². The molecule has 6 heteroatoms. The molecule has 0 spiro atoms. The summed E-state index contributed by atoms with van der Waals surface area (Å²) in [6.45, 7) is 0.723. The number of benzene rings is 1. The molecule has 0 fully saturated rings. The van der Waals surface area contributed by atoms with Crippen molar-refractivity contribution in [3.8, 4) is 0 Å². The van der Waals surface area contributed by atoms with Gasteiger partial charge >= 0.3 is 0 Å². The fourth-order valence-electron chi connectivity index (χ4n) is 2.53. The van der Waals surface area contributed by atoms with E-state index in [-0.39, 0.29) is 0 Å². The quantitative estimate of drug-likeness (QED) is 0.545. The van der Waals surface area contributed by atoms with Gasteiger partial charge in [0.05, 0.1) is 10.9 Å². The highest BCUT2D eigenvalue weighted by molar-refractivity contribution is 7.16. The number of hydrogen-bond acceptors (Lipinski definition) is 5. The molecular weight excluding hydrogens is 318 g/mol. The number of thiophene rings is 1. The highest BCUT2D eigenvalue weighted by Crippen LogP contribution is 2.32. The van der Waals surface area contributed by atoms with E-state index in [1.807, 2.05) is 43.4 Å². The van der Waals surface area contributed by atoms with Gasteiger partial charge in [-0.05, 0) is 24.3 Å². The van der Waals surface area contributed by atoms with Crippen LogP contribution in [-0.4, -0.2) is 17.0 Å². The average molecular weight is 330 g/mol. The zero-order chi connectivity index (χ0) is 15.1. The molecule has 0 saturated carbocycles. The summed E-state index contributed by atoms with van der Waals surface area (Å²) in [5.41, 5.74) is 2.39. The Morgan fingerprint density at radius 2 is 2.05 bits per heavy atom. The van der Waals surface area contributed by atoms with Crippen molar-refractivity contribution in [2.75, 3.05) is 11.9 Å². The topological polar surface area (TPSA) is 42.2 Å². The molecule has 4 aromatic rings. The highest BCUT2D eigenvalue weighted by atomic mass is 35.5. The maximum atomic E-state index is 5.99. The number of rotatable bonds is 3. The van der Waals surface area contributed by atoms with Crippen LogP contribution in [0.3, 0.4) is 0 Å². The smallest absolute Gasteiger partial charge is 0.196 e. The van der Waals surface area contributed by atoms with Crippen LogP contribution in [0.2, 0.25) is 4.34 Å². The van der Waals surface area contributed by atoms with E-state index in [1.165, 1.54) is 4.88 Å². The van der Waals surface area contributed by atoms with Crippen molar-refractivity contribution < 1.29 is 4.42 Å². The maximum absolute atomic E-state index is 5.99. The largest absolute Gasteiger partial charge is 0.450 e. The molecule has 0 saturated heterocycles. The minimum absolute atomic E-state index is 0.717. The molecule has 0 bridgehead atoms. The minimum atomic E-state index is 0.717. The molecule has 0 radical (unpaired) electrons. The van der Waals surface area contributed by atoms with Crippen LogP contribution < -0.4 is 4.90 Å². The van der Waals surface area contributed by atoms with Crippen LogP contribution in [0.25, 0.3) is 22.1 Å². The van der Waals surface area contributed by atoms with Crippen molar-refractivity contribution in [1.82, 2.24) is 9.97 Å². The minimum Gasteiger partial charge on any atom is -0.450 e. The Morgan fingerprint density at radius 3 is 2.86 bits per heavy atom. The van der Waals surface area contributed by atoms with Gasteiger partial charge < -0.3 is 9.32 Å². The Kier molecular flexibility index (Phi) is 3.24. The zero-order valence-electron chi connectivity index (χ0n) is 11.8. The first-order valence-corrected chi connectivity index (χ1v) is 7.99. The van der Waals surface area contributed by atoms with Crippen LogP contribution in [0.1, 0.15) is 4.88 Å². The molecule has 0 amide bonds. The Hall–Kier alpha value is -2.11. The Bertz CT molecular complexity index is 962. The molecule has 0 unspecified atom stereocenters. The summed E-state index contributed by atoms with van der Waals surface area (Å²) < 4.78 is 6.75. The second-order valence-electron chi connectivity index (χ2n) is 5.04. The van der Waals surface area contributed by atoms with Crippen LogP contribution in [-0.2, 0) is 6.54 Å². The van der Waals surface area contributed by atoms with E-state index < -0.39 is 0 Å². The molecule has 0 N–H and O–H groups in total. The number of fused-ring (bicyclic) bond motifs is 3. The second kappa shape index (κ2) is 5.26. The summed E-state index contributed by atoms with van der Waals surface area (Å²) in [6, 6.07) is 11.8. The number of aromatic nitrogens is 2. The second-order valence-corrected chi connectivity index (χ2v) is 6.83. The number of anilines is 1. The first kappa shape index (κ1) is 13.5. The number of hydrogen-bond donors (Lipinski definition) is 0. The Morgan fingerprint density at radius 1 is 1.18 bits per heavy atom. The lowest BCUT2D eigenvalue weighted by Gasteiger charge is -2.16. The van der Waals surface area contributed by atoms with Gasteiger partial charge in [0.25, 0.3) is 0 Å². The molecule has 0 aliphatic rings. The van der Waals surface area contributed by atoms with E-state index in [0.29, 0.717) is 5.58 Å². The Labute approximate surface area is 136 Å². The standard InChI is InChI=1S/C16H12ClN3OS/c1-20(8-10-6-7-13(17)22-10)16-15-14(18-9-19-16)11-4-2-3-5-12(11)21-15/h2-7,9H,8H2,1H3.